The van der Waals surface area contributed by atoms with Crippen LogP contribution in [0.25, 0.3) is 11.1 Å². The van der Waals surface area contributed by atoms with E-state index in [0.717, 1.165) is 11.1 Å². The van der Waals surface area contributed by atoms with Crippen molar-refractivity contribution in [2.45, 2.75) is 32.6 Å². The minimum Gasteiger partial charge on any atom is -0.481 e. The van der Waals surface area contributed by atoms with Crippen LogP contribution in [-0.4, -0.2) is 16.1 Å². The van der Waals surface area contributed by atoms with E-state index in [1.165, 1.54) is 0 Å². The zero-order valence-electron chi connectivity index (χ0n) is 10.2. The van der Waals surface area contributed by atoms with Gasteiger partial charge in [-0.3, -0.25) is 4.79 Å². The van der Waals surface area contributed by atoms with Gasteiger partial charge in [-0.15, -0.1) is 0 Å². The van der Waals surface area contributed by atoms with Gasteiger partial charge in [-0.25, -0.2) is 4.98 Å². The quantitative estimate of drug-likeness (QED) is 0.885. The molecule has 2 aromatic rings. The zero-order valence-corrected chi connectivity index (χ0v) is 10.2. The van der Waals surface area contributed by atoms with Crippen LogP contribution in [-0.2, 0) is 10.2 Å². The van der Waals surface area contributed by atoms with E-state index in [2.05, 4.69) is 4.98 Å². The largest absolute Gasteiger partial charge is 0.481 e. The Morgan fingerprint density at radius 1 is 1.47 bits per heavy atom. The third-order valence-electron chi connectivity index (χ3n) is 2.72. The maximum Gasteiger partial charge on any atom is 0.304 e. The Labute approximate surface area is 99.3 Å². The Kier molecular flexibility index (Phi) is 2.65. The minimum atomic E-state index is -0.853. The average Bonchev–Trinajstić information content (AvgIpc) is 2.58. The number of carboxylic acid groups (broad SMARTS) is 1. The third-order valence-corrected chi connectivity index (χ3v) is 2.72. The van der Waals surface area contributed by atoms with Crippen molar-refractivity contribution >= 4 is 17.1 Å². The predicted octanol–water partition coefficient (Wildman–Crippen LogP) is 2.89. The number of aliphatic carboxylic acids is 1. The van der Waals surface area contributed by atoms with Gasteiger partial charge in [-0.1, -0.05) is 19.9 Å². The first-order chi connectivity index (χ1) is 7.88. The van der Waals surface area contributed by atoms with Crippen molar-refractivity contribution in [3.63, 3.8) is 0 Å². The van der Waals surface area contributed by atoms with E-state index in [0.29, 0.717) is 11.5 Å². The second-order valence-electron chi connectivity index (χ2n) is 4.94. The monoisotopic (exact) mass is 233 g/mol. The molecule has 0 radical (unpaired) electrons. The van der Waals surface area contributed by atoms with Crippen LogP contribution in [0.1, 0.15) is 31.7 Å². The molecule has 4 nitrogen and oxygen atoms in total. The Hall–Kier alpha value is -1.84. The second kappa shape index (κ2) is 3.87. The molecule has 1 N–H and O–H groups in total. The number of rotatable bonds is 3. The van der Waals surface area contributed by atoms with Crippen LogP contribution < -0.4 is 0 Å². The van der Waals surface area contributed by atoms with Gasteiger partial charge in [0.2, 0.25) is 5.89 Å². The Bertz CT molecular complexity index is 569. The Morgan fingerprint density at radius 3 is 2.82 bits per heavy atom. The number of fused-ring (bicyclic) bond motifs is 1. The molecule has 0 aliphatic rings. The van der Waals surface area contributed by atoms with E-state index in [4.69, 9.17) is 9.52 Å². The lowest BCUT2D eigenvalue weighted by Crippen LogP contribution is -2.21. The molecule has 90 valence electrons. The van der Waals surface area contributed by atoms with Crippen LogP contribution in [0.2, 0.25) is 0 Å². The highest BCUT2D eigenvalue weighted by molar-refractivity contribution is 5.74. The number of carbonyl (C=O) groups is 1. The highest BCUT2D eigenvalue weighted by atomic mass is 16.4. The van der Waals surface area contributed by atoms with Gasteiger partial charge in [0.05, 0.1) is 11.8 Å². The number of nitrogens with zero attached hydrogens (tertiary/aromatic N) is 1. The summed E-state index contributed by atoms with van der Waals surface area (Å²) in [5.74, 6) is -0.381. The van der Waals surface area contributed by atoms with E-state index in [1.807, 2.05) is 39.0 Å². The van der Waals surface area contributed by atoms with Gasteiger partial charge in [0.25, 0.3) is 0 Å². The molecule has 1 heterocycles. The van der Waals surface area contributed by atoms with Crippen molar-refractivity contribution in [2.24, 2.45) is 0 Å². The fourth-order valence-electron chi connectivity index (χ4n) is 1.78. The van der Waals surface area contributed by atoms with Crippen molar-refractivity contribution in [2.75, 3.05) is 0 Å². The summed E-state index contributed by atoms with van der Waals surface area (Å²) in [6.45, 7) is 5.62. The smallest absolute Gasteiger partial charge is 0.304 e. The fourth-order valence-corrected chi connectivity index (χ4v) is 1.78. The normalized spacial score (nSPS) is 11.9. The van der Waals surface area contributed by atoms with Gasteiger partial charge in [0.15, 0.2) is 5.58 Å². The first kappa shape index (κ1) is 11.6. The molecule has 0 unspecified atom stereocenters. The molecule has 0 amide bonds. The van der Waals surface area contributed by atoms with Crippen molar-refractivity contribution in [3.05, 3.63) is 29.7 Å². The number of aryl methyl sites for hydroxylation is 1. The molecular formula is C13H15NO3. The van der Waals surface area contributed by atoms with E-state index >= 15 is 0 Å². The van der Waals surface area contributed by atoms with Crippen LogP contribution >= 0.6 is 0 Å². The molecule has 0 saturated carbocycles. The maximum atomic E-state index is 10.8. The van der Waals surface area contributed by atoms with Gasteiger partial charge < -0.3 is 9.52 Å². The van der Waals surface area contributed by atoms with E-state index in [9.17, 15) is 4.79 Å². The predicted molar refractivity (Wildman–Crippen MR) is 64.0 cm³/mol. The Balaban J connectivity index is 2.45. The summed E-state index contributed by atoms with van der Waals surface area (Å²) in [5, 5.41) is 8.86. The summed E-state index contributed by atoms with van der Waals surface area (Å²) in [5.41, 5.74) is 1.98. The molecule has 0 spiro atoms. The number of benzene rings is 1. The van der Waals surface area contributed by atoms with E-state index in [1.54, 1.807) is 0 Å². The minimum absolute atomic E-state index is 0.00119. The van der Waals surface area contributed by atoms with Gasteiger partial charge >= 0.3 is 5.97 Å². The molecule has 1 aromatic heterocycles. The third kappa shape index (κ3) is 2.30. The standard InChI is InChI=1S/C13H15NO3/c1-8-4-5-10-9(6-8)14-12(17-10)13(2,3)7-11(15)16/h4-6H,7H2,1-3H3,(H,15,16). The first-order valence-corrected chi connectivity index (χ1v) is 5.48. The molecule has 0 aliphatic carbocycles. The molecule has 0 fully saturated rings. The SMILES string of the molecule is Cc1ccc2oc(C(C)(C)CC(=O)O)nc2c1. The van der Waals surface area contributed by atoms with Crippen molar-refractivity contribution in [3.8, 4) is 0 Å². The molecule has 4 heteroatoms. The summed E-state index contributed by atoms with van der Waals surface area (Å²) in [7, 11) is 0. The zero-order chi connectivity index (χ0) is 12.6. The number of oxazole rings is 1. The molecular weight excluding hydrogens is 218 g/mol. The topological polar surface area (TPSA) is 63.3 Å². The lowest BCUT2D eigenvalue weighted by Gasteiger charge is -2.17. The van der Waals surface area contributed by atoms with Crippen molar-refractivity contribution in [1.29, 1.82) is 0 Å². The number of hydrogen-bond donors (Lipinski definition) is 1. The van der Waals surface area contributed by atoms with Gasteiger partial charge in [0.1, 0.15) is 5.52 Å². The van der Waals surface area contributed by atoms with Crippen LogP contribution in [0.4, 0.5) is 0 Å². The van der Waals surface area contributed by atoms with Crippen LogP contribution in [0.15, 0.2) is 22.6 Å². The molecule has 1 aromatic carbocycles. The molecule has 0 bridgehead atoms. The van der Waals surface area contributed by atoms with Crippen LogP contribution in [0, 0.1) is 6.92 Å². The summed E-state index contributed by atoms with van der Waals surface area (Å²) >= 11 is 0. The molecule has 0 aliphatic heterocycles. The summed E-state index contributed by atoms with van der Waals surface area (Å²) < 4.78 is 5.61. The highest BCUT2D eigenvalue weighted by Gasteiger charge is 2.29. The molecule has 2 rings (SSSR count). The molecule has 17 heavy (non-hydrogen) atoms. The Morgan fingerprint density at radius 2 is 2.18 bits per heavy atom. The lowest BCUT2D eigenvalue weighted by molar-refractivity contribution is -0.138. The average molecular weight is 233 g/mol. The van der Waals surface area contributed by atoms with Gasteiger partial charge in [0, 0.05) is 0 Å². The van der Waals surface area contributed by atoms with E-state index in [-0.39, 0.29) is 6.42 Å². The maximum absolute atomic E-state index is 10.8. The lowest BCUT2D eigenvalue weighted by atomic mass is 9.89. The van der Waals surface area contributed by atoms with Crippen molar-refractivity contribution < 1.29 is 14.3 Å². The summed E-state index contributed by atoms with van der Waals surface area (Å²) in [6.07, 6.45) is -0.00119. The number of aromatic nitrogens is 1. The number of hydrogen-bond acceptors (Lipinski definition) is 3. The highest BCUT2D eigenvalue weighted by Crippen LogP contribution is 2.29. The summed E-state index contributed by atoms with van der Waals surface area (Å²) in [4.78, 5) is 15.2. The fraction of sp³-hybridized carbons (Fsp3) is 0.385. The van der Waals surface area contributed by atoms with Crippen LogP contribution in [0.3, 0.4) is 0 Å². The second-order valence-corrected chi connectivity index (χ2v) is 4.94. The molecule has 0 saturated heterocycles. The van der Waals surface area contributed by atoms with Crippen molar-refractivity contribution in [1.82, 2.24) is 4.98 Å². The van der Waals surface area contributed by atoms with Gasteiger partial charge in [-0.2, -0.15) is 0 Å². The summed E-state index contributed by atoms with van der Waals surface area (Å²) in [6, 6.07) is 5.73. The number of carboxylic acids is 1. The van der Waals surface area contributed by atoms with Gasteiger partial charge in [-0.05, 0) is 24.6 Å². The molecule has 0 atom stereocenters. The first-order valence-electron chi connectivity index (χ1n) is 5.48. The van der Waals surface area contributed by atoms with Crippen LogP contribution in [0.5, 0.6) is 0 Å². The van der Waals surface area contributed by atoms with E-state index < -0.39 is 11.4 Å².